The molecule has 0 aliphatic carbocycles. The van der Waals surface area contributed by atoms with Gasteiger partial charge in [-0.2, -0.15) is 0 Å². The predicted octanol–water partition coefficient (Wildman–Crippen LogP) is 1.82. The summed E-state index contributed by atoms with van der Waals surface area (Å²) in [5.74, 6) is -1.59. The van der Waals surface area contributed by atoms with Gasteiger partial charge in [-0.15, -0.1) is 0 Å². The molecule has 1 fully saturated rings. The zero-order valence-corrected chi connectivity index (χ0v) is 12.1. The second kappa shape index (κ2) is 6.49. The summed E-state index contributed by atoms with van der Waals surface area (Å²) >= 11 is 0. The van der Waals surface area contributed by atoms with E-state index in [9.17, 15) is 13.6 Å². The number of carbonyl (C=O) groups is 1. The molecule has 1 aromatic carbocycles. The molecule has 2 rings (SSSR count). The normalized spacial score (nSPS) is 17.5. The Kier molecular flexibility index (Phi) is 4.90. The fourth-order valence-corrected chi connectivity index (χ4v) is 2.47. The van der Waals surface area contributed by atoms with E-state index in [4.69, 9.17) is 10.5 Å². The lowest BCUT2D eigenvalue weighted by molar-refractivity contribution is -0.141. The first kappa shape index (κ1) is 15.9. The summed E-state index contributed by atoms with van der Waals surface area (Å²) in [6, 6.07) is 3.67. The number of amides is 1. The van der Waals surface area contributed by atoms with Gasteiger partial charge in [0.05, 0.1) is 12.1 Å². The molecular formula is C15H20F2N2O2. The van der Waals surface area contributed by atoms with Crippen LogP contribution in [0.4, 0.5) is 8.78 Å². The van der Waals surface area contributed by atoms with Crippen LogP contribution in [-0.4, -0.2) is 36.1 Å². The molecule has 1 aliphatic heterocycles. The summed E-state index contributed by atoms with van der Waals surface area (Å²) < 4.78 is 32.7. The highest BCUT2D eigenvalue weighted by molar-refractivity contribution is 5.86. The molecule has 0 atom stereocenters. The van der Waals surface area contributed by atoms with Crippen molar-refractivity contribution < 1.29 is 18.3 Å². The van der Waals surface area contributed by atoms with Crippen LogP contribution in [0.2, 0.25) is 0 Å². The van der Waals surface area contributed by atoms with E-state index in [-0.39, 0.29) is 18.0 Å². The van der Waals surface area contributed by atoms with Crippen molar-refractivity contribution in [3.63, 3.8) is 0 Å². The van der Waals surface area contributed by atoms with Crippen molar-refractivity contribution in [2.75, 3.05) is 19.8 Å². The van der Waals surface area contributed by atoms with E-state index in [1.54, 1.807) is 6.92 Å². The monoisotopic (exact) mass is 298 g/mol. The number of halogens is 2. The van der Waals surface area contributed by atoms with Crippen LogP contribution >= 0.6 is 0 Å². The van der Waals surface area contributed by atoms with E-state index < -0.39 is 17.2 Å². The fraction of sp³-hybridized carbons (Fsp3) is 0.533. The number of carbonyl (C=O) groups excluding carboxylic acids is 1. The predicted molar refractivity (Wildman–Crippen MR) is 74.4 cm³/mol. The largest absolute Gasteiger partial charge is 0.381 e. The Bertz CT molecular complexity index is 496. The van der Waals surface area contributed by atoms with Crippen molar-refractivity contribution in [2.45, 2.75) is 31.8 Å². The van der Waals surface area contributed by atoms with Crippen molar-refractivity contribution in [3.8, 4) is 0 Å². The van der Waals surface area contributed by atoms with Crippen LogP contribution in [0.5, 0.6) is 0 Å². The van der Waals surface area contributed by atoms with Crippen molar-refractivity contribution in [1.82, 2.24) is 4.90 Å². The van der Waals surface area contributed by atoms with E-state index in [1.165, 1.54) is 23.1 Å². The Morgan fingerprint density at radius 3 is 2.43 bits per heavy atom. The molecule has 0 radical (unpaired) electrons. The minimum absolute atomic E-state index is 0.108. The first-order chi connectivity index (χ1) is 9.98. The fourth-order valence-electron chi connectivity index (χ4n) is 2.47. The molecule has 1 saturated heterocycles. The van der Waals surface area contributed by atoms with Crippen molar-refractivity contribution in [3.05, 3.63) is 35.4 Å². The Hall–Kier alpha value is -1.53. The Morgan fingerprint density at radius 1 is 1.33 bits per heavy atom. The first-order valence-electron chi connectivity index (χ1n) is 7.07. The molecule has 0 saturated carbocycles. The highest BCUT2D eigenvalue weighted by Crippen LogP contribution is 2.23. The number of benzene rings is 1. The standard InChI is InChI=1S/C15H20F2N2O2/c1-2-19(10-11-12(16)4-3-5-13(11)17)14(20)15(18)6-8-21-9-7-15/h3-5H,2,6-10,18H2,1H3. The van der Waals surface area contributed by atoms with E-state index in [1.807, 2.05) is 0 Å². The van der Waals surface area contributed by atoms with Crippen molar-refractivity contribution in [1.29, 1.82) is 0 Å². The number of nitrogens with zero attached hydrogens (tertiary/aromatic N) is 1. The Balaban J connectivity index is 2.18. The van der Waals surface area contributed by atoms with Gasteiger partial charge in [-0.1, -0.05) is 6.07 Å². The number of rotatable bonds is 4. The topological polar surface area (TPSA) is 55.6 Å². The molecule has 1 amide bonds. The van der Waals surface area contributed by atoms with E-state index >= 15 is 0 Å². The molecular weight excluding hydrogens is 278 g/mol. The van der Waals surface area contributed by atoms with Crippen molar-refractivity contribution in [2.24, 2.45) is 5.73 Å². The van der Waals surface area contributed by atoms with Crippen LogP contribution in [0.25, 0.3) is 0 Å². The van der Waals surface area contributed by atoms with Gasteiger partial charge in [0.25, 0.3) is 0 Å². The number of nitrogens with two attached hydrogens (primary N) is 1. The number of hydrogen-bond acceptors (Lipinski definition) is 3. The van der Waals surface area contributed by atoms with Gasteiger partial charge in [0.2, 0.25) is 5.91 Å². The minimum Gasteiger partial charge on any atom is -0.381 e. The molecule has 2 N–H and O–H groups in total. The maximum atomic E-state index is 13.7. The highest BCUT2D eigenvalue weighted by Gasteiger charge is 2.38. The van der Waals surface area contributed by atoms with Gasteiger partial charge in [0, 0.05) is 25.3 Å². The SMILES string of the molecule is CCN(Cc1c(F)cccc1F)C(=O)C1(N)CCOCC1. The molecule has 116 valence electrons. The molecule has 0 aromatic heterocycles. The molecule has 6 heteroatoms. The summed E-state index contributed by atoms with van der Waals surface area (Å²) in [6.07, 6.45) is 0.837. The zero-order chi connectivity index (χ0) is 15.5. The van der Waals surface area contributed by atoms with Crippen LogP contribution in [0.1, 0.15) is 25.3 Å². The molecule has 0 unspecified atom stereocenters. The average molecular weight is 298 g/mol. The quantitative estimate of drug-likeness (QED) is 0.922. The van der Waals surface area contributed by atoms with Crippen LogP contribution in [0.3, 0.4) is 0 Å². The molecule has 0 bridgehead atoms. The second-order valence-corrected chi connectivity index (χ2v) is 5.29. The lowest BCUT2D eigenvalue weighted by Gasteiger charge is -2.36. The van der Waals surface area contributed by atoms with Gasteiger partial charge >= 0.3 is 0 Å². The summed E-state index contributed by atoms with van der Waals surface area (Å²) in [6.45, 7) is 2.83. The van der Waals surface area contributed by atoms with Gasteiger partial charge in [0.1, 0.15) is 11.6 Å². The third kappa shape index (κ3) is 3.39. The maximum Gasteiger partial charge on any atom is 0.243 e. The van der Waals surface area contributed by atoms with Crippen LogP contribution in [0.15, 0.2) is 18.2 Å². The van der Waals surface area contributed by atoms with Gasteiger partial charge < -0.3 is 15.4 Å². The molecule has 1 heterocycles. The van der Waals surface area contributed by atoms with E-state index in [0.29, 0.717) is 32.6 Å². The third-order valence-electron chi connectivity index (χ3n) is 3.89. The maximum absolute atomic E-state index is 13.7. The Labute approximate surface area is 122 Å². The molecule has 1 aliphatic rings. The number of ether oxygens (including phenoxy) is 1. The first-order valence-corrected chi connectivity index (χ1v) is 7.07. The van der Waals surface area contributed by atoms with Gasteiger partial charge in [0.15, 0.2) is 0 Å². The summed E-state index contributed by atoms with van der Waals surface area (Å²) in [5, 5.41) is 0. The van der Waals surface area contributed by atoms with Crippen LogP contribution < -0.4 is 5.73 Å². The van der Waals surface area contributed by atoms with Crippen LogP contribution in [0, 0.1) is 11.6 Å². The average Bonchev–Trinajstić information content (AvgIpc) is 2.47. The number of hydrogen-bond donors (Lipinski definition) is 1. The lowest BCUT2D eigenvalue weighted by atomic mass is 9.89. The van der Waals surface area contributed by atoms with Gasteiger partial charge in [-0.3, -0.25) is 4.79 Å². The summed E-state index contributed by atoms with van der Waals surface area (Å²) in [7, 11) is 0. The van der Waals surface area contributed by atoms with E-state index in [0.717, 1.165) is 0 Å². The highest BCUT2D eigenvalue weighted by atomic mass is 19.1. The Morgan fingerprint density at radius 2 is 1.90 bits per heavy atom. The van der Waals surface area contributed by atoms with Gasteiger partial charge in [-0.05, 0) is 31.9 Å². The number of likely N-dealkylation sites (N-methyl/N-ethyl adjacent to an activating group) is 1. The zero-order valence-electron chi connectivity index (χ0n) is 12.1. The minimum atomic E-state index is -1.00. The van der Waals surface area contributed by atoms with Crippen molar-refractivity contribution >= 4 is 5.91 Å². The second-order valence-electron chi connectivity index (χ2n) is 5.29. The molecule has 4 nitrogen and oxygen atoms in total. The van der Waals surface area contributed by atoms with Gasteiger partial charge in [-0.25, -0.2) is 8.78 Å². The lowest BCUT2D eigenvalue weighted by Crippen LogP contribution is -2.57. The summed E-state index contributed by atoms with van der Waals surface area (Å²) in [5.41, 5.74) is 5.04. The van der Waals surface area contributed by atoms with E-state index in [2.05, 4.69) is 0 Å². The molecule has 1 aromatic rings. The van der Waals surface area contributed by atoms with Crippen LogP contribution in [-0.2, 0) is 16.1 Å². The summed E-state index contributed by atoms with van der Waals surface area (Å²) in [4.78, 5) is 14.0. The molecule has 21 heavy (non-hydrogen) atoms. The molecule has 0 spiro atoms. The smallest absolute Gasteiger partial charge is 0.243 e. The third-order valence-corrected chi connectivity index (χ3v) is 3.89.